The summed E-state index contributed by atoms with van der Waals surface area (Å²) in [5.41, 5.74) is 1.83. The quantitative estimate of drug-likeness (QED) is 0.653. The van der Waals surface area contributed by atoms with E-state index in [0.717, 1.165) is 17.5 Å². The molecule has 0 aliphatic carbocycles. The Bertz CT molecular complexity index is 401. The first-order chi connectivity index (χ1) is 9.63. The molecular weight excluding hydrogens is 252 g/mol. The lowest BCUT2D eigenvalue weighted by atomic mass is 10.1. The zero-order valence-electron chi connectivity index (χ0n) is 12.6. The van der Waals surface area contributed by atoms with E-state index in [1.807, 2.05) is 24.3 Å². The molecule has 0 aliphatic heterocycles. The van der Waals surface area contributed by atoms with E-state index < -0.39 is 5.97 Å². The summed E-state index contributed by atoms with van der Waals surface area (Å²) in [6, 6.07) is 7.60. The van der Waals surface area contributed by atoms with Crippen LogP contribution in [0.25, 0.3) is 0 Å². The van der Waals surface area contributed by atoms with Crippen LogP contribution < -0.4 is 0 Å². The van der Waals surface area contributed by atoms with Gasteiger partial charge in [-0.15, -0.1) is 0 Å². The van der Waals surface area contributed by atoms with Gasteiger partial charge in [0.2, 0.25) is 0 Å². The van der Waals surface area contributed by atoms with Gasteiger partial charge in [0, 0.05) is 0 Å². The second-order valence-corrected chi connectivity index (χ2v) is 5.31. The largest absolute Gasteiger partial charge is 0.481 e. The van der Waals surface area contributed by atoms with Crippen molar-refractivity contribution in [2.75, 3.05) is 0 Å². The van der Waals surface area contributed by atoms with Crippen LogP contribution in [0.5, 0.6) is 0 Å². The number of carbonyl (C=O) groups is 1. The molecule has 0 fully saturated rings. The molecule has 0 heterocycles. The molecule has 0 aliphatic rings. The standard InChI is InChI=1S/C17H26O3/c1-3-4-5-6-9-14(2)20-13-16-11-8-7-10-15(16)12-17(18)19/h7-8,10-11,14H,3-6,9,12-13H2,1-2H3,(H,18,19). The third kappa shape index (κ3) is 6.71. The first-order valence-corrected chi connectivity index (χ1v) is 7.53. The normalized spacial score (nSPS) is 12.3. The van der Waals surface area contributed by atoms with Crippen molar-refractivity contribution in [3.8, 4) is 0 Å². The van der Waals surface area contributed by atoms with Gasteiger partial charge in [-0.1, -0.05) is 56.9 Å². The highest BCUT2D eigenvalue weighted by atomic mass is 16.5. The maximum absolute atomic E-state index is 10.8. The molecule has 20 heavy (non-hydrogen) atoms. The fraction of sp³-hybridized carbons (Fsp3) is 0.588. The van der Waals surface area contributed by atoms with Crippen LogP contribution >= 0.6 is 0 Å². The summed E-state index contributed by atoms with van der Waals surface area (Å²) in [6.45, 7) is 4.80. The number of carboxylic acids is 1. The van der Waals surface area contributed by atoms with Crippen LogP contribution in [0.1, 0.15) is 57.1 Å². The van der Waals surface area contributed by atoms with E-state index >= 15 is 0 Å². The Balaban J connectivity index is 2.38. The Labute approximate surface area is 122 Å². The van der Waals surface area contributed by atoms with Crippen LogP contribution in [0.15, 0.2) is 24.3 Å². The number of hydrogen-bond acceptors (Lipinski definition) is 2. The van der Waals surface area contributed by atoms with Crippen molar-refractivity contribution < 1.29 is 14.6 Å². The zero-order valence-corrected chi connectivity index (χ0v) is 12.6. The topological polar surface area (TPSA) is 46.5 Å². The van der Waals surface area contributed by atoms with Crippen molar-refractivity contribution in [1.82, 2.24) is 0 Å². The number of aliphatic carboxylic acids is 1. The van der Waals surface area contributed by atoms with Crippen molar-refractivity contribution in [3.05, 3.63) is 35.4 Å². The van der Waals surface area contributed by atoms with Crippen LogP contribution in [0.4, 0.5) is 0 Å². The maximum Gasteiger partial charge on any atom is 0.307 e. The molecular formula is C17H26O3. The molecule has 0 spiro atoms. The summed E-state index contributed by atoms with van der Waals surface area (Å²) in [5.74, 6) is -0.801. The second-order valence-electron chi connectivity index (χ2n) is 5.31. The van der Waals surface area contributed by atoms with Gasteiger partial charge in [-0.3, -0.25) is 4.79 Å². The molecule has 1 rings (SSSR count). The van der Waals surface area contributed by atoms with E-state index in [0.29, 0.717) is 6.61 Å². The molecule has 1 N–H and O–H groups in total. The zero-order chi connectivity index (χ0) is 14.8. The minimum Gasteiger partial charge on any atom is -0.481 e. The Morgan fingerprint density at radius 2 is 1.90 bits per heavy atom. The fourth-order valence-corrected chi connectivity index (χ4v) is 2.21. The highest BCUT2D eigenvalue weighted by molar-refractivity contribution is 5.70. The van der Waals surface area contributed by atoms with E-state index in [1.54, 1.807) is 0 Å². The first-order valence-electron chi connectivity index (χ1n) is 7.53. The molecule has 1 aromatic carbocycles. The molecule has 0 saturated heterocycles. The summed E-state index contributed by atoms with van der Waals surface area (Å²) in [5, 5.41) is 8.89. The monoisotopic (exact) mass is 278 g/mol. The van der Waals surface area contributed by atoms with Crippen molar-refractivity contribution in [3.63, 3.8) is 0 Å². The SMILES string of the molecule is CCCCCCC(C)OCc1ccccc1CC(=O)O. The van der Waals surface area contributed by atoms with Crippen molar-refractivity contribution in [2.24, 2.45) is 0 Å². The first kappa shape index (κ1) is 16.7. The van der Waals surface area contributed by atoms with Crippen LogP contribution in [0, 0.1) is 0 Å². The number of carboxylic acid groups (broad SMARTS) is 1. The second kappa shape index (κ2) is 9.54. The van der Waals surface area contributed by atoms with E-state index in [2.05, 4.69) is 13.8 Å². The van der Waals surface area contributed by atoms with Crippen molar-refractivity contribution >= 4 is 5.97 Å². The van der Waals surface area contributed by atoms with Crippen LogP contribution in [0.2, 0.25) is 0 Å². The van der Waals surface area contributed by atoms with Gasteiger partial charge in [-0.05, 0) is 24.5 Å². The Morgan fingerprint density at radius 3 is 2.55 bits per heavy atom. The average molecular weight is 278 g/mol. The third-order valence-corrected chi connectivity index (χ3v) is 3.45. The van der Waals surface area contributed by atoms with Gasteiger partial charge in [0.1, 0.15) is 0 Å². The molecule has 1 unspecified atom stereocenters. The number of hydrogen-bond donors (Lipinski definition) is 1. The van der Waals surface area contributed by atoms with E-state index in [4.69, 9.17) is 9.84 Å². The summed E-state index contributed by atoms with van der Waals surface area (Å²) >= 11 is 0. The Morgan fingerprint density at radius 1 is 1.20 bits per heavy atom. The minimum atomic E-state index is -0.801. The molecule has 1 aromatic rings. The molecule has 0 amide bonds. The molecule has 3 heteroatoms. The Kier molecular flexibility index (Phi) is 7.97. The van der Waals surface area contributed by atoms with Gasteiger partial charge >= 0.3 is 5.97 Å². The van der Waals surface area contributed by atoms with Gasteiger partial charge < -0.3 is 9.84 Å². The summed E-state index contributed by atoms with van der Waals surface area (Å²) in [7, 11) is 0. The fourth-order valence-electron chi connectivity index (χ4n) is 2.21. The van der Waals surface area contributed by atoms with E-state index in [9.17, 15) is 4.79 Å². The average Bonchev–Trinajstić information content (AvgIpc) is 2.42. The summed E-state index contributed by atoms with van der Waals surface area (Å²) < 4.78 is 5.84. The lowest BCUT2D eigenvalue weighted by Gasteiger charge is -2.14. The highest BCUT2D eigenvalue weighted by Crippen LogP contribution is 2.14. The smallest absolute Gasteiger partial charge is 0.307 e. The number of benzene rings is 1. The van der Waals surface area contributed by atoms with Gasteiger partial charge in [-0.2, -0.15) is 0 Å². The molecule has 0 saturated carbocycles. The predicted octanol–water partition coefficient (Wildman–Crippen LogP) is 4.19. The molecule has 1 atom stereocenters. The molecule has 0 bridgehead atoms. The number of unbranched alkanes of at least 4 members (excludes halogenated alkanes) is 3. The van der Waals surface area contributed by atoms with Gasteiger partial charge in [0.15, 0.2) is 0 Å². The van der Waals surface area contributed by atoms with Crippen molar-refractivity contribution in [1.29, 1.82) is 0 Å². The molecule has 112 valence electrons. The van der Waals surface area contributed by atoms with E-state index in [1.165, 1.54) is 25.7 Å². The number of rotatable bonds is 10. The van der Waals surface area contributed by atoms with Crippen LogP contribution in [-0.4, -0.2) is 17.2 Å². The highest BCUT2D eigenvalue weighted by Gasteiger charge is 2.08. The third-order valence-electron chi connectivity index (χ3n) is 3.45. The Hall–Kier alpha value is -1.35. The van der Waals surface area contributed by atoms with E-state index in [-0.39, 0.29) is 12.5 Å². The number of ether oxygens (including phenoxy) is 1. The van der Waals surface area contributed by atoms with Gasteiger partial charge in [0.05, 0.1) is 19.1 Å². The molecule has 0 radical (unpaired) electrons. The van der Waals surface area contributed by atoms with Gasteiger partial charge in [0.25, 0.3) is 0 Å². The lowest BCUT2D eigenvalue weighted by molar-refractivity contribution is -0.136. The van der Waals surface area contributed by atoms with Crippen molar-refractivity contribution in [2.45, 2.75) is 65.1 Å². The predicted molar refractivity (Wildman–Crippen MR) is 80.8 cm³/mol. The molecule has 3 nitrogen and oxygen atoms in total. The lowest BCUT2D eigenvalue weighted by Crippen LogP contribution is -2.10. The minimum absolute atomic E-state index is 0.0599. The molecule has 0 aromatic heterocycles. The van der Waals surface area contributed by atoms with Gasteiger partial charge in [-0.25, -0.2) is 0 Å². The summed E-state index contributed by atoms with van der Waals surface area (Å²) in [6.07, 6.45) is 6.35. The van der Waals surface area contributed by atoms with Crippen LogP contribution in [-0.2, 0) is 22.6 Å². The summed E-state index contributed by atoms with van der Waals surface area (Å²) in [4.78, 5) is 10.8. The maximum atomic E-state index is 10.8. The van der Waals surface area contributed by atoms with Crippen LogP contribution in [0.3, 0.4) is 0 Å².